The average molecular weight is 228 g/mol. The molecule has 0 aliphatic heterocycles. The number of nitrogens with two attached hydrogens (primary N) is 1. The van der Waals surface area contributed by atoms with Gasteiger partial charge in [0.15, 0.2) is 0 Å². The molecule has 0 aromatic heterocycles. The van der Waals surface area contributed by atoms with Crippen molar-refractivity contribution in [3.8, 4) is 0 Å². The molecule has 96 valence electrons. The second kappa shape index (κ2) is 6.58. The average Bonchev–Trinajstić information content (AvgIpc) is 3.08. The Morgan fingerprint density at radius 3 is 2.62 bits per heavy atom. The van der Waals surface area contributed by atoms with Gasteiger partial charge in [-0.25, -0.2) is 0 Å². The Morgan fingerprint density at radius 2 is 2.12 bits per heavy atom. The molecule has 0 heterocycles. The van der Waals surface area contributed by atoms with Crippen LogP contribution >= 0.6 is 0 Å². The van der Waals surface area contributed by atoms with Gasteiger partial charge in [0.2, 0.25) is 0 Å². The summed E-state index contributed by atoms with van der Waals surface area (Å²) in [6.07, 6.45) is 5.07. The van der Waals surface area contributed by atoms with Crippen LogP contribution in [0.1, 0.15) is 39.5 Å². The van der Waals surface area contributed by atoms with Crippen molar-refractivity contribution in [3.63, 3.8) is 0 Å². The van der Waals surface area contributed by atoms with Crippen molar-refractivity contribution < 1.29 is 4.74 Å². The lowest BCUT2D eigenvalue weighted by molar-refractivity contribution is 0.0621. The summed E-state index contributed by atoms with van der Waals surface area (Å²) in [5.41, 5.74) is 6.01. The molecule has 0 spiro atoms. The molecule has 1 aliphatic carbocycles. The molecule has 0 amide bonds. The van der Waals surface area contributed by atoms with Gasteiger partial charge in [0.25, 0.3) is 0 Å². The zero-order chi connectivity index (χ0) is 12.0. The molecule has 0 saturated heterocycles. The maximum absolute atomic E-state index is 5.87. The van der Waals surface area contributed by atoms with E-state index in [2.05, 4.69) is 25.8 Å². The van der Waals surface area contributed by atoms with E-state index in [1.807, 2.05) is 0 Å². The van der Waals surface area contributed by atoms with Gasteiger partial charge < -0.3 is 10.5 Å². The van der Waals surface area contributed by atoms with Gasteiger partial charge in [-0.05, 0) is 39.2 Å². The van der Waals surface area contributed by atoms with Crippen LogP contribution in [0, 0.1) is 5.92 Å². The van der Waals surface area contributed by atoms with Crippen LogP contribution in [0.4, 0.5) is 0 Å². The van der Waals surface area contributed by atoms with E-state index >= 15 is 0 Å². The Hall–Kier alpha value is -0.120. The summed E-state index contributed by atoms with van der Waals surface area (Å²) in [5, 5.41) is 0. The Morgan fingerprint density at radius 1 is 1.44 bits per heavy atom. The third-order valence-corrected chi connectivity index (χ3v) is 3.77. The van der Waals surface area contributed by atoms with Gasteiger partial charge in [-0.3, -0.25) is 4.90 Å². The van der Waals surface area contributed by atoms with Gasteiger partial charge in [0, 0.05) is 25.2 Å². The van der Waals surface area contributed by atoms with Gasteiger partial charge in [-0.1, -0.05) is 13.3 Å². The molecule has 1 saturated carbocycles. The first kappa shape index (κ1) is 13.9. The summed E-state index contributed by atoms with van der Waals surface area (Å²) in [7, 11) is 2.16. The molecule has 16 heavy (non-hydrogen) atoms. The van der Waals surface area contributed by atoms with Crippen LogP contribution < -0.4 is 5.73 Å². The SMILES string of the molecule is CCCC(C)(CN)N(C)CCOCC1CC1. The molecule has 2 N–H and O–H groups in total. The molecule has 1 rings (SSSR count). The molecule has 3 heteroatoms. The van der Waals surface area contributed by atoms with Gasteiger partial charge in [0.1, 0.15) is 0 Å². The summed E-state index contributed by atoms with van der Waals surface area (Å²) in [6, 6.07) is 0. The molecule has 1 unspecified atom stereocenters. The van der Waals surface area contributed by atoms with Crippen molar-refractivity contribution in [2.75, 3.05) is 33.4 Å². The molecule has 1 aliphatic rings. The molecular weight excluding hydrogens is 200 g/mol. The molecule has 0 aromatic carbocycles. The standard InChI is InChI=1S/C13H28N2O/c1-4-7-13(2,11-14)15(3)8-9-16-10-12-5-6-12/h12H,4-11,14H2,1-3H3. The number of hydrogen-bond acceptors (Lipinski definition) is 3. The number of likely N-dealkylation sites (N-methyl/N-ethyl adjacent to an activating group) is 1. The van der Waals surface area contributed by atoms with Crippen molar-refractivity contribution in [1.29, 1.82) is 0 Å². The molecule has 1 fully saturated rings. The van der Waals surface area contributed by atoms with Crippen LogP contribution in [0.5, 0.6) is 0 Å². The fraction of sp³-hybridized carbons (Fsp3) is 1.00. The molecular formula is C13H28N2O. The topological polar surface area (TPSA) is 38.5 Å². The van der Waals surface area contributed by atoms with E-state index in [0.717, 1.165) is 38.6 Å². The summed E-state index contributed by atoms with van der Waals surface area (Å²) >= 11 is 0. The third-order valence-electron chi connectivity index (χ3n) is 3.77. The van der Waals surface area contributed by atoms with E-state index in [4.69, 9.17) is 10.5 Å². The molecule has 0 radical (unpaired) electrons. The fourth-order valence-electron chi connectivity index (χ4n) is 1.99. The second-order valence-corrected chi connectivity index (χ2v) is 5.39. The number of nitrogens with zero attached hydrogens (tertiary/aromatic N) is 1. The van der Waals surface area contributed by atoms with E-state index in [9.17, 15) is 0 Å². The van der Waals surface area contributed by atoms with Crippen molar-refractivity contribution >= 4 is 0 Å². The van der Waals surface area contributed by atoms with Crippen LogP contribution in [-0.4, -0.2) is 43.8 Å². The second-order valence-electron chi connectivity index (χ2n) is 5.39. The van der Waals surface area contributed by atoms with Crippen molar-refractivity contribution in [1.82, 2.24) is 4.90 Å². The highest BCUT2D eigenvalue weighted by Gasteiger charge is 2.26. The maximum Gasteiger partial charge on any atom is 0.0593 e. The van der Waals surface area contributed by atoms with Gasteiger partial charge in [-0.15, -0.1) is 0 Å². The lowest BCUT2D eigenvalue weighted by Gasteiger charge is -2.38. The Balaban J connectivity index is 2.16. The molecule has 0 aromatic rings. The van der Waals surface area contributed by atoms with Gasteiger partial charge >= 0.3 is 0 Å². The smallest absolute Gasteiger partial charge is 0.0593 e. The largest absolute Gasteiger partial charge is 0.380 e. The van der Waals surface area contributed by atoms with Crippen molar-refractivity contribution in [2.45, 2.75) is 45.1 Å². The number of hydrogen-bond donors (Lipinski definition) is 1. The van der Waals surface area contributed by atoms with Crippen LogP contribution in [0.15, 0.2) is 0 Å². The van der Waals surface area contributed by atoms with Gasteiger partial charge in [0.05, 0.1) is 6.61 Å². The maximum atomic E-state index is 5.87. The predicted molar refractivity (Wildman–Crippen MR) is 68.5 cm³/mol. The van der Waals surface area contributed by atoms with E-state index in [1.54, 1.807) is 0 Å². The monoisotopic (exact) mass is 228 g/mol. The van der Waals surface area contributed by atoms with Crippen LogP contribution in [0.3, 0.4) is 0 Å². The quantitative estimate of drug-likeness (QED) is 0.612. The summed E-state index contributed by atoms with van der Waals surface area (Å²) in [4.78, 5) is 2.35. The first-order chi connectivity index (χ1) is 7.62. The van der Waals surface area contributed by atoms with Crippen molar-refractivity contribution in [3.05, 3.63) is 0 Å². The minimum Gasteiger partial charge on any atom is -0.380 e. The summed E-state index contributed by atoms with van der Waals surface area (Å²) < 4.78 is 5.66. The van der Waals surface area contributed by atoms with Crippen molar-refractivity contribution in [2.24, 2.45) is 11.7 Å². The number of rotatable bonds is 9. The molecule has 1 atom stereocenters. The predicted octanol–water partition coefficient (Wildman–Crippen LogP) is 1.86. The summed E-state index contributed by atoms with van der Waals surface area (Å²) in [6.45, 7) is 7.97. The number of ether oxygens (including phenoxy) is 1. The fourth-order valence-corrected chi connectivity index (χ4v) is 1.99. The normalized spacial score (nSPS) is 20.1. The van der Waals surface area contributed by atoms with Crippen LogP contribution in [0.2, 0.25) is 0 Å². The lowest BCUT2D eigenvalue weighted by atomic mass is 9.94. The van der Waals surface area contributed by atoms with E-state index < -0.39 is 0 Å². The lowest BCUT2D eigenvalue weighted by Crippen LogP contribution is -2.50. The van der Waals surface area contributed by atoms with E-state index in [1.165, 1.54) is 19.3 Å². The highest BCUT2D eigenvalue weighted by Crippen LogP contribution is 2.28. The van der Waals surface area contributed by atoms with Gasteiger partial charge in [-0.2, -0.15) is 0 Å². The highest BCUT2D eigenvalue weighted by molar-refractivity contribution is 4.85. The van der Waals surface area contributed by atoms with Crippen LogP contribution in [-0.2, 0) is 4.74 Å². The first-order valence-corrected chi connectivity index (χ1v) is 6.61. The zero-order valence-electron chi connectivity index (χ0n) is 11.2. The summed E-state index contributed by atoms with van der Waals surface area (Å²) in [5.74, 6) is 0.863. The Kier molecular flexibility index (Phi) is 5.73. The Labute approximate surface area is 100 Å². The van der Waals surface area contributed by atoms with E-state index in [-0.39, 0.29) is 5.54 Å². The van der Waals surface area contributed by atoms with Crippen LogP contribution in [0.25, 0.3) is 0 Å². The molecule has 3 nitrogen and oxygen atoms in total. The Bertz CT molecular complexity index is 194. The first-order valence-electron chi connectivity index (χ1n) is 6.61. The van der Waals surface area contributed by atoms with E-state index in [0.29, 0.717) is 0 Å². The zero-order valence-corrected chi connectivity index (χ0v) is 11.2. The highest BCUT2D eigenvalue weighted by atomic mass is 16.5. The molecule has 0 bridgehead atoms. The minimum absolute atomic E-state index is 0.137. The third kappa shape index (κ3) is 4.40. The minimum atomic E-state index is 0.137.